The number of sulfone groups is 1. The third kappa shape index (κ3) is 7.64. The van der Waals surface area contributed by atoms with E-state index in [0.717, 1.165) is 22.1 Å². The molecule has 3 rings (SSSR count). The van der Waals surface area contributed by atoms with Gasteiger partial charge in [-0.1, -0.05) is 62.4 Å². The summed E-state index contributed by atoms with van der Waals surface area (Å²) in [6.07, 6.45) is 1.53. The molecule has 0 aliphatic carbocycles. The summed E-state index contributed by atoms with van der Waals surface area (Å²) in [5.41, 5.74) is 1.78. The average Bonchev–Trinajstić information content (AvgIpc) is 2.93. The van der Waals surface area contributed by atoms with Crippen LogP contribution in [0.2, 0.25) is 0 Å². The van der Waals surface area contributed by atoms with Crippen LogP contribution in [0.25, 0.3) is 0 Å². The molecule has 0 aliphatic heterocycles. The quantitative estimate of drug-likeness (QED) is 0.198. The topological polar surface area (TPSA) is 139 Å². The molecule has 0 heterocycles. The van der Waals surface area contributed by atoms with Crippen LogP contribution >= 0.6 is 0 Å². The minimum atomic E-state index is -3.89. The number of hydrazine groups is 1. The number of amides is 2. The number of carbonyl (C=O) groups excluding carboxylic acids is 2. The highest BCUT2D eigenvalue weighted by atomic mass is 32.2. The zero-order chi connectivity index (χ0) is 28.6. The van der Waals surface area contributed by atoms with Crippen LogP contribution in [0.15, 0.2) is 86.6 Å². The SMILES string of the molecule is COc1c(N[C@@H](CC(C)C)C(=O)NN(CCc2ccccc2)C(=O)/C=C/S(=O)(=O)c2ccccc2)c(=O)c1=O. The van der Waals surface area contributed by atoms with Gasteiger partial charge in [-0.05, 0) is 36.5 Å². The Hall–Kier alpha value is -4.25. The highest BCUT2D eigenvalue weighted by Gasteiger charge is 2.29. The molecule has 0 bridgehead atoms. The molecule has 0 aromatic heterocycles. The highest BCUT2D eigenvalue weighted by Crippen LogP contribution is 2.20. The molecule has 3 aromatic carbocycles. The fraction of sp³-hybridized carbons (Fsp3) is 0.286. The largest absolute Gasteiger partial charge is 0.491 e. The van der Waals surface area contributed by atoms with Crippen LogP contribution in [0.5, 0.6) is 5.75 Å². The van der Waals surface area contributed by atoms with Crippen molar-refractivity contribution in [1.82, 2.24) is 10.4 Å². The number of benzene rings is 2. The second-order valence-electron chi connectivity index (χ2n) is 9.26. The fourth-order valence-electron chi connectivity index (χ4n) is 3.82. The molecule has 0 aliphatic rings. The lowest BCUT2D eigenvalue weighted by Crippen LogP contribution is -2.53. The number of rotatable bonds is 12. The molecular weight excluding hydrogens is 522 g/mol. The Balaban J connectivity index is 1.83. The number of anilines is 1. The van der Waals surface area contributed by atoms with E-state index in [1.54, 1.807) is 18.2 Å². The van der Waals surface area contributed by atoms with E-state index < -0.39 is 38.6 Å². The van der Waals surface area contributed by atoms with Gasteiger partial charge in [-0.2, -0.15) is 0 Å². The summed E-state index contributed by atoms with van der Waals surface area (Å²) in [6, 6.07) is 15.9. The lowest BCUT2D eigenvalue weighted by atomic mass is 10.0. The van der Waals surface area contributed by atoms with Crippen molar-refractivity contribution in [1.29, 1.82) is 0 Å². The van der Waals surface area contributed by atoms with Crippen LogP contribution < -0.4 is 26.3 Å². The van der Waals surface area contributed by atoms with E-state index in [1.807, 2.05) is 44.2 Å². The number of ether oxygens (including phenoxy) is 1. The highest BCUT2D eigenvalue weighted by molar-refractivity contribution is 7.94. The molecular formula is C28H31N3O7S. The van der Waals surface area contributed by atoms with Crippen LogP contribution in [-0.4, -0.2) is 44.9 Å². The van der Waals surface area contributed by atoms with Crippen molar-refractivity contribution in [3.05, 3.63) is 98.2 Å². The molecule has 0 saturated heterocycles. The number of carbonyl (C=O) groups is 2. The average molecular weight is 554 g/mol. The first kappa shape index (κ1) is 29.3. The third-order valence-electron chi connectivity index (χ3n) is 5.85. The molecule has 206 valence electrons. The van der Waals surface area contributed by atoms with Gasteiger partial charge < -0.3 is 10.1 Å². The van der Waals surface area contributed by atoms with Crippen molar-refractivity contribution < 1.29 is 22.7 Å². The number of hydrogen-bond donors (Lipinski definition) is 2. The second-order valence-corrected chi connectivity index (χ2v) is 11.1. The number of methoxy groups -OCH3 is 1. The normalized spacial score (nSPS) is 12.4. The van der Waals surface area contributed by atoms with Gasteiger partial charge in [0.15, 0.2) is 15.6 Å². The van der Waals surface area contributed by atoms with Gasteiger partial charge in [0.05, 0.1) is 12.0 Å². The molecule has 0 unspecified atom stereocenters. The monoisotopic (exact) mass is 553 g/mol. The minimum absolute atomic E-state index is 0.00936. The zero-order valence-electron chi connectivity index (χ0n) is 21.9. The second kappa shape index (κ2) is 13.0. The summed E-state index contributed by atoms with van der Waals surface area (Å²) in [6.45, 7) is 3.79. The first-order chi connectivity index (χ1) is 18.5. The predicted octanol–water partition coefficient (Wildman–Crippen LogP) is 2.21. The first-order valence-corrected chi connectivity index (χ1v) is 13.9. The standard InChI is InChI=1S/C28H31N3O7S/c1-19(2)18-22(29-24-25(33)26(34)27(24)38-3)28(35)30-31(16-14-20-10-6-4-7-11-20)23(32)15-17-39(36,37)21-12-8-5-9-13-21/h4-13,15,17,19,22,29H,14,16,18H2,1-3H3,(H,30,35)/b17-15+/t22-/m0/s1. The van der Waals surface area contributed by atoms with Crippen LogP contribution in [0.3, 0.4) is 0 Å². The van der Waals surface area contributed by atoms with Crippen molar-refractivity contribution in [2.75, 3.05) is 19.0 Å². The molecule has 0 spiro atoms. The van der Waals surface area contributed by atoms with Crippen molar-refractivity contribution in [3.63, 3.8) is 0 Å². The smallest absolute Gasteiger partial charge is 0.271 e. The van der Waals surface area contributed by atoms with Crippen molar-refractivity contribution in [2.45, 2.75) is 37.6 Å². The number of nitrogens with zero attached hydrogens (tertiary/aromatic N) is 1. The molecule has 2 N–H and O–H groups in total. The van der Waals surface area contributed by atoms with Gasteiger partial charge in [0, 0.05) is 18.0 Å². The van der Waals surface area contributed by atoms with Gasteiger partial charge in [-0.3, -0.25) is 29.6 Å². The summed E-state index contributed by atoms with van der Waals surface area (Å²) >= 11 is 0. The number of nitrogens with one attached hydrogen (secondary N) is 2. The summed E-state index contributed by atoms with van der Waals surface area (Å²) in [5, 5.41) is 4.61. The molecule has 10 nitrogen and oxygen atoms in total. The van der Waals surface area contributed by atoms with Gasteiger partial charge in [0.1, 0.15) is 11.7 Å². The molecule has 3 aromatic rings. The Morgan fingerprint density at radius 1 is 0.974 bits per heavy atom. The third-order valence-corrected chi connectivity index (χ3v) is 7.28. The van der Waals surface area contributed by atoms with Crippen LogP contribution in [0.1, 0.15) is 25.8 Å². The molecule has 39 heavy (non-hydrogen) atoms. The summed E-state index contributed by atoms with van der Waals surface area (Å²) in [5.74, 6) is -1.55. The van der Waals surface area contributed by atoms with Gasteiger partial charge >= 0.3 is 0 Å². The maximum atomic E-state index is 13.3. The van der Waals surface area contributed by atoms with Crippen molar-refractivity contribution >= 4 is 27.3 Å². The molecule has 1 atom stereocenters. The van der Waals surface area contributed by atoms with E-state index in [0.29, 0.717) is 6.42 Å². The minimum Gasteiger partial charge on any atom is -0.491 e. The summed E-state index contributed by atoms with van der Waals surface area (Å²) in [7, 11) is -2.64. The van der Waals surface area contributed by atoms with Crippen molar-refractivity contribution in [2.24, 2.45) is 5.92 Å². The Morgan fingerprint density at radius 2 is 1.59 bits per heavy atom. The van der Waals surface area contributed by atoms with E-state index in [1.165, 1.54) is 19.2 Å². The van der Waals surface area contributed by atoms with E-state index in [4.69, 9.17) is 4.74 Å². The summed E-state index contributed by atoms with van der Waals surface area (Å²) < 4.78 is 30.2. The van der Waals surface area contributed by atoms with Gasteiger partial charge in [0.2, 0.25) is 0 Å². The van der Waals surface area contributed by atoms with Crippen LogP contribution in [0.4, 0.5) is 5.69 Å². The first-order valence-electron chi connectivity index (χ1n) is 12.3. The molecule has 0 radical (unpaired) electrons. The molecule has 2 amide bonds. The van der Waals surface area contributed by atoms with Crippen LogP contribution in [-0.2, 0) is 25.8 Å². The molecule has 0 saturated carbocycles. The Labute approximate surface area is 226 Å². The Kier molecular flexibility index (Phi) is 9.78. The van der Waals surface area contributed by atoms with Gasteiger partial charge in [-0.25, -0.2) is 8.42 Å². The maximum absolute atomic E-state index is 13.3. The lowest BCUT2D eigenvalue weighted by Gasteiger charge is -2.27. The number of hydrogen-bond acceptors (Lipinski definition) is 8. The molecule has 11 heteroatoms. The van der Waals surface area contributed by atoms with E-state index >= 15 is 0 Å². The molecule has 0 fully saturated rings. The Morgan fingerprint density at radius 3 is 2.18 bits per heavy atom. The fourth-order valence-corrected chi connectivity index (χ4v) is 4.81. The van der Waals surface area contributed by atoms with Gasteiger partial charge in [-0.15, -0.1) is 0 Å². The van der Waals surface area contributed by atoms with Crippen LogP contribution in [0, 0.1) is 5.92 Å². The maximum Gasteiger partial charge on any atom is 0.271 e. The van der Waals surface area contributed by atoms with E-state index in [9.17, 15) is 27.6 Å². The van der Waals surface area contributed by atoms with E-state index in [-0.39, 0.29) is 35.2 Å². The van der Waals surface area contributed by atoms with E-state index in [2.05, 4.69) is 10.7 Å². The van der Waals surface area contributed by atoms with Crippen molar-refractivity contribution in [3.8, 4) is 5.75 Å². The van der Waals surface area contributed by atoms with Gasteiger partial charge in [0.25, 0.3) is 22.7 Å². The Bertz CT molecular complexity index is 1490. The zero-order valence-corrected chi connectivity index (χ0v) is 22.7. The summed E-state index contributed by atoms with van der Waals surface area (Å²) in [4.78, 5) is 50.2. The lowest BCUT2D eigenvalue weighted by molar-refractivity contribution is -0.138. The predicted molar refractivity (Wildman–Crippen MR) is 148 cm³/mol.